The number of carbonyl (C=O) groups excluding carboxylic acids is 1. The van der Waals surface area contributed by atoms with Crippen LogP contribution in [0, 0.1) is 0 Å². The molecular weight excluding hydrogens is 630 g/mol. The summed E-state index contributed by atoms with van der Waals surface area (Å²) in [6.45, 7) is 7.01. The fraction of sp³-hybridized carbons (Fsp3) is 0.618. The van der Waals surface area contributed by atoms with E-state index in [4.69, 9.17) is 56.8 Å². The maximum absolute atomic E-state index is 13.3. The van der Waals surface area contributed by atoms with Crippen LogP contribution in [0.2, 0.25) is 0 Å². The largest absolute Gasteiger partial charge is 0.487 e. The van der Waals surface area contributed by atoms with Crippen LogP contribution >= 0.6 is 0 Å². The lowest BCUT2D eigenvalue weighted by Crippen LogP contribution is -2.17. The standard InChI is InChI=1S/C34H53NO13/c1-37-9-12-40-15-18-43-21-24-46-31-27-29(34(36)35-30-7-5-4-6-8-30)28-32(47-25-22-44-19-16-41-13-10-38-2)33(31)48-26-23-45-20-17-42-14-11-39-3/h4-8,27-28H,9-26H2,1-3H3,(H,35,36). The van der Waals surface area contributed by atoms with Crippen molar-refractivity contribution in [1.82, 2.24) is 0 Å². The van der Waals surface area contributed by atoms with E-state index in [1.165, 1.54) is 0 Å². The molecule has 2 rings (SSSR count). The minimum absolute atomic E-state index is 0.194. The number of hydrogen-bond acceptors (Lipinski definition) is 13. The Labute approximate surface area is 284 Å². The van der Waals surface area contributed by atoms with Gasteiger partial charge in [0, 0.05) is 32.6 Å². The molecule has 0 unspecified atom stereocenters. The number of ether oxygens (including phenoxy) is 12. The number of carbonyl (C=O) groups is 1. The van der Waals surface area contributed by atoms with Crippen LogP contribution in [-0.4, -0.2) is 146 Å². The number of amides is 1. The molecule has 0 aliphatic carbocycles. The first kappa shape index (κ1) is 41.1. The first-order valence-corrected chi connectivity index (χ1v) is 16.1. The maximum Gasteiger partial charge on any atom is 0.255 e. The van der Waals surface area contributed by atoms with Crippen molar-refractivity contribution in [3.8, 4) is 17.2 Å². The minimum atomic E-state index is -0.340. The molecule has 0 heterocycles. The van der Waals surface area contributed by atoms with Gasteiger partial charge in [0.05, 0.1) is 99.1 Å². The van der Waals surface area contributed by atoms with Crippen LogP contribution in [0.15, 0.2) is 42.5 Å². The lowest BCUT2D eigenvalue weighted by molar-refractivity contribution is 0.0146. The van der Waals surface area contributed by atoms with E-state index in [0.717, 1.165) is 0 Å². The summed E-state index contributed by atoms with van der Waals surface area (Å²) in [7, 11) is 4.86. The molecular formula is C34H53NO13. The van der Waals surface area contributed by atoms with Gasteiger partial charge in [-0.1, -0.05) is 18.2 Å². The summed E-state index contributed by atoms with van der Waals surface area (Å²) in [6.07, 6.45) is 0. The zero-order valence-corrected chi connectivity index (χ0v) is 28.6. The first-order chi connectivity index (χ1) is 23.7. The average molecular weight is 684 g/mol. The van der Waals surface area contributed by atoms with E-state index < -0.39 is 0 Å². The Kier molecular flexibility index (Phi) is 24.8. The predicted octanol–water partition coefficient (Wildman–Crippen LogP) is 3.11. The van der Waals surface area contributed by atoms with E-state index in [2.05, 4.69) is 5.32 Å². The molecule has 1 N–H and O–H groups in total. The Morgan fingerprint density at radius 2 is 0.833 bits per heavy atom. The molecule has 14 nitrogen and oxygen atoms in total. The summed E-state index contributed by atoms with van der Waals surface area (Å²) < 4.78 is 66.4. The Balaban J connectivity index is 2.09. The van der Waals surface area contributed by atoms with E-state index in [0.29, 0.717) is 114 Å². The number of benzene rings is 2. The highest BCUT2D eigenvalue weighted by atomic mass is 16.6. The fourth-order valence-corrected chi connectivity index (χ4v) is 3.81. The Bertz CT molecular complexity index is 1020. The van der Waals surface area contributed by atoms with Crippen molar-refractivity contribution in [2.24, 2.45) is 0 Å². The molecule has 0 spiro atoms. The number of nitrogens with one attached hydrogen (secondary N) is 1. The first-order valence-electron chi connectivity index (χ1n) is 16.1. The monoisotopic (exact) mass is 683 g/mol. The molecule has 0 aromatic heterocycles. The van der Waals surface area contributed by atoms with Crippen LogP contribution in [0.3, 0.4) is 0 Å². The van der Waals surface area contributed by atoms with Crippen LogP contribution in [0.1, 0.15) is 10.4 Å². The Hall–Kier alpha value is -3.05. The summed E-state index contributed by atoms with van der Waals surface area (Å²) >= 11 is 0. The van der Waals surface area contributed by atoms with Crippen LogP contribution in [0.5, 0.6) is 17.2 Å². The maximum atomic E-state index is 13.3. The zero-order valence-electron chi connectivity index (χ0n) is 28.6. The van der Waals surface area contributed by atoms with E-state index in [1.54, 1.807) is 45.6 Å². The second-order valence-corrected chi connectivity index (χ2v) is 9.82. The lowest BCUT2D eigenvalue weighted by Gasteiger charge is -2.19. The molecule has 0 bridgehead atoms. The van der Waals surface area contributed by atoms with Gasteiger partial charge < -0.3 is 62.2 Å². The highest BCUT2D eigenvalue weighted by Crippen LogP contribution is 2.39. The van der Waals surface area contributed by atoms with Crippen molar-refractivity contribution in [2.45, 2.75) is 0 Å². The highest BCUT2D eigenvalue weighted by molar-refractivity contribution is 6.05. The summed E-state index contributed by atoms with van der Waals surface area (Å²) in [5.74, 6) is 0.632. The predicted molar refractivity (Wildman–Crippen MR) is 178 cm³/mol. The topological polar surface area (TPSA) is 140 Å². The number of hydrogen-bond donors (Lipinski definition) is 1. The molecule has 0 fully saturated rings. The molecule has 1 amide bonds. The van der Waals surface area contributed by atoms with Crippen molar-refractivity contribution in [1.29, 1.82) is 0 Å². The normalized spacial score (nSPS) is 11.1. The molecule has 0 saturated carbocycles. The number of rotatable bonds is 32. The number of methoxy groups -OCH3 is 3. The zero-order chi connectivity index (χ0) is 34.3. The SMILES string of the molecule is COCCOCCOCCOc1cc(C(=O)Nc2ccccc2)cc(OCCOCCOCCOC)c1OCCOCCOCCOC. The summed E-state index contributed by atoms with van der Waals surface area (Å²) in [6, 6.07) is 12.4. The van der Waals surface area contributed by atoms with Gasteiger partial charge >= 0.3 is 0 Å². The molecule has 0 radical (unpaired) electrons. The summed E-state index contributed by atoms with van der Waals surface area (Å²) in [5, 5.41) is 2.90. The molecule has 2 aromatic carbocycles. The Morgan fingerprint density at radius 3 is 1.23 bits per heavy atom. The quantitative estimate of drug-likeness (QED) is 0.113. The average Bonchev–Trinajstić information content (AvgIpc) is 3.10. The number of anilines is 1. The molecule has 0 aliphatic rings. The van der Waals surface area contributed by atoms with Gasteiger partial charge in [0.2, 0.25) is 5.75 Å². The molecule has 0 aliphatic heterocycles. The molecule has 2 aromatic rings. The third-order valence-corrected chi connectivity index (χ3v) is 6.17. The van der Waals surface area contributed by atoms with Crippen LogP contribution in [0.4, 0.5) is 5.69 Å². The van der Waals surface area contributed by atoms with Gasteiger partial charge in [0.1, 0.15) is 19.8 Å². The van der Waals surface area contributed by atoms with Gasteiger partial charge in [-0.15, -0.1) is 0 Å². The lowest BCUT2D eigenvalue weighted by atomic mass is 10.1. The van der Waals surface area contributed by atoms with Crippen molar-refractivity contribution in [3.05, 3.63) is 48.0 Å². The van der Waals surface area contributed by atoms with E-state index in [-0.39, 0.29) is 38.9 Å². The van der Waals surface area contributed by atoms with Crippen molar-refractivity contribution in [2.75, 3.05) is 146 Å². The van der Waals surface area contributed by atoms with E-state index in [9.17, 15) is 4.79 Å². The second-order valence-electron chi connectivity index (χ2n) is 9.82. The van der Waals surface area contributed by atoms with Crippen LogP contribution in [0.25, 0.3) is 0 Å². The highest BCUT2D eigenvalue weighted by Gasteiger charge is 2.19. The molecule has 14 heteroatoms. The van der Waals surface area contributed by atoms with Crippen LogP contribution < -0.4 is 19.5 Å². The van der Waals surface area contributed by atoms with Gasteiger partial charge in [-0.05, 0) is 24.3 Å². The fourth-order valence-electron chi connectivity index (χ4n) is 3.81. The molecule has 0 saturated heterocycles. The van der Waals surface area contributed by atoms with Gasteiger partial charge in [-0.3, -0.25) is 4.79 Å². The van der Waals surface area contributed by atoms with Gasteiger partial charge in [0.15, 0.2) is 11.5 Å². The summed E-state index contributed by atoms with van der Waals surface area (Å²) in [4.78, 5) is 13.3. The van der Waals surface area contributed by atoms with Gasteiger partial charge in [-0.25, -0.2) is 0 Å². The van der Waals surface area contributed by atoms with Crippen molar-refractivity contribution >= 4 is 11.6 Å². The minimum Gasteiger partial charge on any atom is -0.487 e. The molecule has 0 atom stereocenters. The molecule has 48 heavy (non-hydrogen) atoms. The smallest absolute Gasteiger partial charge is 0.255 e. The second kappa shape index (κ2) is 28.9. The van der Waals surface area contributed by atoms with Gasteiger partial charge in [0.25, 0.3) is 5.91 Å². The Morgan fingerprint density at radius 1 is 0.479 bits per heavy atom. The summed E-state index contributed by atoms with van der Waals surface area (Å²) in [5.41, 5.74) is 0.971. The van der Waals surface area contributed by atoms with Gasteiger partial charge in [-0.2, -0.15) is 0 Å². The van der Waals surface area contributed by atoms with Crippen molar-refractivity contribution in [3.63, 3.8) is 0 Å². The van der Waals surface area contributed by atoms with Crippen molar-refractivity contribution < 1.29 is 61.6 Å². The third kappa shape index (κ3) is 19.7. The van der Waals surface area contributed by atoms with Crippen LogP contribution in [-0.2, 0) is 42.6 Å². The van der Waals surface area contributed by atoms with E-state index in [1.807, 2.05) is 18.2 Å². The van der Waals surface area contributed by atoms with E-state index >= 15 is 0 Å². The molecule has 272 valence electrons. The number of para-hydroxylation sites is 1. The third-order valence-electron chi connectivity index (χ3n) is 6.17.